The van der Waals surface area contributed by atoms with Crippen LogP contribution in [0.4, 0.5) is 18.0 Å². The minimum absolute atomic E-state index is 0.0147. The molecule has 0 aliphatic carbocycles. The molecule has 5 nitrogen and oxygen atoms in total. The minimum Gasteiger partial charge on any atom is -0.345 e. The van der Waals surface area contributed by atoms with Gasteiger partial charge in [0.15, 0.2) is 0 Å². The number of hydrogen-bond donors (Lipinski definition) is 1. The molecule has 22 heavy (non-hydrogen) atoms. The van der Waals surface area contributed by atoms with Crippen molar-refractivity contribution >= 4 is 11.9 Å². The first-order valence-electron chi connectivity index (χ1n) is 7.32. The first-order chi connectivity index (χ1) is 9.99. The lowest BCUT2D eigenvalue weighted by molar-refractivity contribution is -0.214. The quantitative estimate of drug-likeness (QED) is 0.864. The Balaban J connectivity index is 2.58. The number of nitrogens with one attached hydrogen (secondary N) is 1. The Morgan fingerprint density at radius 1 is 1.36 bits per heavy atom. The van der Waals surface area contributed by atoms with Crippen molar-refractivity contribution in [3.05, 3.63) is 0 Å². The molecular weight excluding hydrogens is 299 g/mol. The molecular formula is C14H24F3N3O2. The summed E-state index contributed by atoms with van der Waals surface area (Å²) in [5.74, 6) is -1.66. The van der Waals surface area contributed by atoms with E-state index < -0.39 is 23.5 Å². The number of hydrogen-bond acceptors (Lipinski definition) is 2. The van der Waals surface area contributed by atoms with Crippen molar-refractivity contribution in [3.63, 3.8) is 0 Å². The fraction of sp³-hybridized carbons (Fsp3) is 0.857. The molecule has 8 heteroatoms. The molecule has 1 rings (SSSR count). The third kappa shape index (κ3) is 4.51. The van der Waals surface area contributed by atoms with E-state index in [0.717, 1.165) is 0 Å². The van der Waals surface area contributed by atoms with E-state index in [0.29, 0.717) is 6.54 Å². The van der Waals surface area contributed by atoms with E-state index >= 15 is 0 Å². The Morgan fingerprint density at radius 2 is 1.95 bits per heavy atom. The molecule has 1 aliphatic rings. The summed E-state index contributed by atoms with van der Waals surface area (Å²) in [4.78, 5) is 26.4. The smallest absolute Gasteiger partial charge is 0.345 e. The van der Waals surface area contributed by atoms with Gasteiger partial charge >= 0.3 is 12.2 Å². The molecule has 1 unspecified atom stereocenters. The topological polar surface area (TPSA) is 52.7 Å². The second-order valence-corrected chi connectivity index (χ2v) is 6.36. The number of nitrogens with zero attached hydrogens (tertiary/aromatic N) is 2. The maximum atomic E-state index is 13.0. The van der Waals surface area contributed by atoms with Gasteiger partial charge in [-0.2, -0.15) is 13.2 Å². The predicted molar refractivity (Wildman–Crippen MR) is 76.2 cm³/mol. The van der Waals surface area contributed by atoms with Gasteiger partial charge in [-0.05, 0) is 18.8 Å². The van der Waals surface area contributed by atoms with E-state index in [4.69, 9.17) is 0 Å². The van der Waals surface area contributed by atoms with Crippen LogP contribution in [-0.4, -0.2) is 61.1 Å². The third-order valence-electron chi connectivity index (χ3n) is 4.20. The number of amides is 3. The summed E-state index contributed by atoms with van der Waals surface area (Å²) >= 11 is 0. The van der Waals surface area contributed by atoms with Gasteiger partial charge in [0.1, 0.15) is 0 Å². The van der Waals surface area contributed by atoms with Crippen molar-refractivity contribution in [2.24, 2.45) is 11.3 Å². The summed E-state index contributed by atoms with van der Waals surface area (Å²) in [6.07, 6.45) is -4.38. The molecule has 0 aromatic heterocycles. The predicted octanol–water partition coefficient (Wildman–Crippen LogP) is 2.08. The van der Waals surface area contributed by atoms with Crippen LogP contribution in [0.5, 0.6) is 0 Å². The number of rotatable bonds is 3. The Kier molecular flexibility index (Phi) is 5.70. The second kappa shape index (κ2) is 6.75. The van der Waals surface area contributed by atoms with Crippen molar-refractivity contribution in [2.75, 3.05) is 33.2 Å². The molecule has 1 saturated heterocycles. The van der Waals surface area contributed by atoms with E-state index in [2.05, 4.69) is 5.32 Å². The van der Waals surface area contributed by atoms with Gasteiger partial charge in [0.2, 0.25) is 5.91 Å². The monoisotopic (exact) mass is 323 g/mol. The van der Waals surface area contributed by atoms with Crippen molar-refractivity contribution in [3.8, 4) is 0 Å². The first kappa shape index (κ1) is 18.6. The summed E-state index contributed by atoms with van der Waals surface area (Å²) < 4.78 is 38.9. The highest BCUT2D eigenvalue weighted by atomic mass is 19.4. The van der Waals surface area contributed by atoms with Gasteiger partial charge in [-0.25, -0.2) is 4.79 Å². The van der Waals surface area contributed by atoms with Gasteiger partial charge in [-0.1, -0.05) is 13.8 Å². The van der Waals surface area contributed by atoms with Gasteiger partial charge < -0.3 is 15.1 Å². The average Bonchev–Trinajstić information content (AvgIpc) is 2.40. The van der Waals surface area contributed by atoms with E-state index in [9.17, 15) is 22.8 Å². The largest absolute Gasteiger partial charge is 0.392 e. The van der Waals surface area contributed by atoms with Crippen LogP contribution in [0, 0.1) is 11.3 Å². The average molecular weight is 323 g/mol. The van der Waals surface area contributed by atoms with Crippen LogP contribution in [0.1, 0.15) is 27.2 Å². The first-order valence-corrected chi connectivity index (χ1v) is 7.32. The lowest BCUT2D eigenvalue weighted by Crippen LogP contribution is -2.55. The highest BCUT2D eigenvalue weighted by Gasteiger charge is 2.51. The molecule has 3 amide bonds. The summed E-state index contributed by atoms with van der Waals surface area (Å²) in [5, 5.41) is 2.47. The molecule has 0 radical (unpaired) electrons. The molecule has 128 valence electrons. The number of alkyl halides is 3. The van der Waals surface area contributed by atoms with Gasteiger partial charge in [0.25, 0.3) is 0 Å². The normalized spacial score (nSPS) is 21.4. The van der Waals surface area contributed by atoms with Crippen LogP contribution in [0.2, 0.25) is 0 Å². The van der Waals surface area contributed by atoms with Gasteiger partial charge in [-0.15, -0.1) is 0 Å². The fourth-order valence-corrected chi connectivity index (χ4v) is 2.71. The Hall–Kier alpha value is -1.47. The zero-order valence-corrected chi connectivity index (χ0v) is 13.5. The maximum absolute atomic E-state index is 13.0. The van der Waals surface area contributed by atoms with E-state index in [-0.39, 0.29) is 32.0 Å². The number of carbonyl (C=O) groups excluding carboxylic acids is 2. The van der Waals surface area contributed by atoms with Crippen molar-refractivity contribution in [1.29, 1.82) is 0 Å². The van der Waals surface area contributed by atoms with E-state index in [1.165, 1.54) is 23.6 Å². The number of carbonyl (C=O) groups is 2. The number of urea groups is 1. The zero-order chi connectivity index (χ0) is 17.1. The number of halogens is 3. The van der Waals surface area contributed by atoms with Crippen LogP contribution < -0.4 is 5.32 Å². The third-order valence-corrected chi connectivity index (χ3v) is 4.20. The molecule has 1 fully saturated rings. The zero-order valence-electron chi connectivity index (χ0n) is 13.5. The van der Waals surface area contributed by atoms with Gasteiger partial charge in [-0.3, -0.25) is 4.79 Å². The standard InChI is InChI=1S/C14H24F3N3O2/c1-5-19(4)11(21)8-18-12(22)20-7-6-10(14(15,16)17)13(2,3)9-20/h10H,5-9H2,1-4H3,(H,18,22). The van der Waals surface area contributed by atoms with E-state index in [1.54, 1.807) is 7.05 Å². The van der Waals surface area contributed by atoms with Crippen molar-refractivity contribution in [1.82, 2.24) is 15.1 Å². The van der Waals surface area contributed by atoms with Crippen LogP contribution >= 0.6 is 0 Å². The molecule has 1 aliphatic heterocycles. The summed E-state index contributed by atoms with van der Waals surface area (Å²) in [6, 6.07) is -0.494. The summed E-state index contributed by atoms with van der Waals surface area (Å²) in [7, 11) is 1.62. The molecule has 0 bridgehead atoms. The number of piperidine rings is 1. The maximum Gasteiger partial charge on any atom is 0.392 e. The SMILES string of the molecule is CCN(C)C(=O)CNC(=O)N1CCC(C(F)(F)F)C(C)(C)C1. The molecule has 0 aromatic rings. The summed E-state index contributed by atoms with van der Waals surface area (Å²) in [6.45, 7) is 5.27. The number of likely N-dealkylation sites (tertiary alicyclic amines) is 1. The van der Waals surface area contributed by atoms with Gasteiger partial charge in [0, 0.05) is 26.7 Å². The fourth-order valence-electron chi connectivity index (χ4n) is 2.71. The molecule has 0 aromatic carbocycles. The van der Waals surface area contributed by atoms with Crippen molar-refractivity contribution < 1.29 is 22.8 Å². The Morgan fingerprint density at radius 3 is 2.41 bits per heavy atom. The van der Waals surface area contributed by atoms with Crippen molar-refractivity contribution in [2.45, 2.75) is 33.4 Å². The Bertz CT molecular complexity index is 424. The number of likely N-dealkylation sites (N-methyl/N-ethyl adjacent to an activating group) is 1. The lowest BCUT2D eigenvalue weighted by Gasteiger charge is -2.44. The lowest BCUT2D eigenvalue weighted by atomic mass is 9.73. The molecule has 0 spiro atoms. The molecule has 1 atom stereocenters. The summed E-state index contributed by atoms with van der Waals surface area (Å²) in [5.41, 5.74) is -1.04. The molecule has 1 N–H and O–H groups in total. The van der Waals surface area contributed by atoms with Crippen LogP contribution in [0.3, 0.4) is 0 Å². The Labute approximate surface area is 128 Å². The van der Waals surface area contributed by atoms with Crippen LogP contribution in [0.25, 0.3) is 0 Å². The molecule has 1 heterocycles. The second-order valence-electron chi connectivity index (χ2n) is 6.36. The highest BCUT2D eigenvalue weighted by Crippen LogP contribution is 2.44. The van der Waals surface area contributed by atoms with E-state index in [1.807, 2.05) is 6.92 Å². The van der Waals surface area contributed by atoms with Crippen LogP contribution in [-0.2, 0) is 4.79 Å². The molecule has 0 saturated carbocycles. The highest BCUT2D eigenvalue weighted by molar-refractivity contribution is 5.83. The van der Waals surface area contributed by atoms with Gasteiger partial charge in [0.05, 0.1) is 12.5 Å². The minimum atomic E-state index is -4.26. The van der Waals surface area contributed by atoms with Crippen LogP contribution in [0.15, 0.2) is 0 Å².